The molecule has 0 aliphatic rings. The average molecular weight is 381 g/mol. The molecule has 2 N–H and O–H groups in total. The molecular weight excluding hydrogens is 356 g/mol. The zero-order chi connectivity index (χ0) is 20.0. The molecule has 0 atom stereocenters. The van der Waals surface area contributed by atoms with Gasteiger partial charge in [-0.3, -0.25) is 9.67 Å². The molecule has 1 aromatic carbocycles. The third kappa shape index (κ3) is 5.32. The Balaban J connectivity index is 2.05. The van der Waals surface area contributed by atoms with E-state index in [0.717, 1.165) is 17.0 Å². The largest absolute Gasteiger partial charge is 0.497 e. The van der Waals surface area contributed by atoms with E-state index in [4.69, 9.17) is 4.74 Å². The van der Waals surface area contributed by atoms with Crippen LogP contribution in [0.2, 0.25) is 0 Å². The van der Waals surface area contributed by atoms with E-state index in [1.54, 1.807) is 19.2 Å². The van der Waals surface area contributed by atoms with Crippen molar-refractivity contribution in [2.75, 3.05) is 14.2 Å². The van der Waals surface area contributed by atoms with Gasteiger partial charge in [0.05, 0.1) is 12.8 Å². The number of hydrogen-bond donors (Lipinski definition) is 2. The minimum Gasteiger partial charge on any atom is -0.497 e. The summed E-state index contributed by atoms with van der Waals surface area (Å²) >= 11 is 0. The number of hydrogen-bond acceptors (Lipinski definition) is 4. The molecule has 148 valence electrons. The molecule has 0 spiro atoms. The van der Waals surface area contributed by atoms with Crippen LogP contribution < -0.4 is 20.1 Å². The Bertz CT molecular complexity index is 805. The fraction of sp³-hybridized carbons (Fsp3) is 0.444. The highest BCUT2D eigenvalue weighted by atomic mass is 19.3. The van der Waals surface area contributed by atoms with Crippen molar-refractivity contribution in [2.45, 2.75) is 33.5 Å². The number of aliphatic imine (C=N–C) groups is 1. The summed E-state index contributed by atoms with van der Waals surface area (Å²) in [4.78, 5) is 4.16. The van der Waals surface area contributed by atoms with E-state index in [9.17, 15) is 8.78 Å². The van der Waals surface area contributed by atoms with E-state index in [2.05, 4.69) is 25.5 Å². The average Bonchev–Trinajstić information content (AvgIpc) is 2.88. The van der Waals surface area contributed by atoms with Gasteiger partial charge >= 0.3 is 6.61 Å². The van der Waals surface area contributed by atoms with E-state index in [0.29, 0.717) is 23.8 Å². The Labute approximate surface area is 157 Å². The molecule has 0 aliphatic heterocycles. The van der Waals surface area contributed by atoms with Gasteiger partial charge in [0.15, 0.2) is 5.96 Å². The van der Waals surface area contributed by atoms with Crippen LogP contribution in [0.5, 0.6) is 11.5 Å². The molecule has 0 aliphatic carbocycles. The summed E-state index contributed by atoms with van der Waals surface area (Å²) in [7, 11) is 5.05. The first-order chi connectivity index (χ1) is 12.8. The second kappa shape index (κ2) is 9.20. The van der Waals surface area contributed by atoms with Crippen molar-refractivity contribution in [1.29, 1.82) is 0 Å². The van der Waals surface area contributed by atoms with Gasteiger partial charge in [-0.2, -0.15) is 13.9 Å². The summed E-state index contributed by atoms with van der Waals surface area (Å²) in [6.07, 6.45) is 0. The van der Waals surface area contributed by atoms with Crippen LogP contribution in [-0.4, -0.2) is 36.5 Å². The van der Waals surface area contributed by atoms with Crippen LogP contribution in [0, 0.1) is 13.8 Å². The predicted molar refractivity (Wildman–Crippen MR) is 99.3 cm³/mol. The number of nitrogens with zero attached hydrogens (tertiary/aromatic N) is 3. The van der Waals surface area contributed by atoms with Gasteiger partial charge in [0.2, 0.25) is 0 Å². The molecular formula is C18H25F2N5O2. The molecule has 7 nitrogen and oxygen atoms in total. The number of alkyl halides is 2. The molecule has 0 saturated heterocycles. The summed E-state index contributed by atoms with van der Waals surface area (Å²) in [5.41, 5.74) is 3.63. The van der Waals surface area contributed by atoms with Crippen molar-refractivity contribution in [3.63, 3.8) is 0 Å². The standard InChI is InChI=1S/C18H25F2N5O2/c1-11-15(12(2)25(4)24-11)10-23-18(21-3)22-9-13-8-14(26-5)6-7-16(13)27-17(19)20/h6-8,17H,9-10H2,1-5H3,(H2,21,22,23). The van der Waals surface area contributed by atoms with E-state index in [1.165, 1.54) is 13.2 Å². The number of ether oxygens (including phenoxy) is 2. The lowest BCUT2D eigenvalue weighted by molar-refractivity contribution is -0.0504. The molecule has 1 heterocycles. The number of nitrogens with one attached hydrogen (secondary N) is 2. The SMILES string of the molecule is CN=C(NCc1cc(OC)ccc1OC(F)F)NCc1c(C)nn(C)c1C. The summed E-state index contributed by atoms with van der Waals surface area (Å²) in [5.74, 6) is 1.18. The molecule has 0 amide bonds. The Morgan fingerprint density at radius 3 is 2.52 bits per heavy atom. The number of aryl methyl sites for hydroxylation is 2. The maximum absolute atomic E-state index is 12.6. The van der Waals surface area contributed by atoms with Gasteiger partial charge in [0.25, 0.3) is 0 Å². The van der Waals surface area contributed by atoms with Crippen molar-refractivity contribution < 1.29 is 18.3 Å². The van der Waals surface area contributed by atoms with Crippen LogP contribution in [0.25, 0.3) is 0 Å². The van der Waals surface area contributed by atoms with E-state index in [-0.39, 0.29) is 12.3 Å². The lowest BCUT2D eigenvalue weighted by Gasteiger charge is -2.15. The molecule has 0 radical (unpaired) electrons. The highest BCUT2D eigenvalue weighted by Crippen LogP contribution is 2.25. The van der Waals surface area contributed by atoms with Gasteiger partial charge in [-0.25, -0.2) is 0 Å². The molecule has 9 heteroatoms. The molecule has 0 saturated carbocycles. The maximum Gasteiger partial charge on any atom is 0.387 e. The van der Waals surface area contributed by atoms with Crippen molar-refractivity contribution in [2.24, 2.45) is 12.0 Å². The highest BCUT2D eigenvalue weighted by molar-refractivity contribution is 5.79. The Hall–Kier alpha value is -2.84. The summed E-state index contributed by atoms with van der Waals surface area (Å²) in [5, 5.41) is 10.7. The first kappa shape index (κ1) is 20.5. The van der Waals surface area contributed by atoms with Crippen LogP contribution in [0.3, 0.4) is 0 Å². The first-order valence-corrected chi connectivity index (χ1v) is 8.41. The monoisotopic (exact) mass is 381 g/mol. The third-order valence-electron chi connectivity index (χ3n) is 4.25. The van der Waals surface area contributed by atoms with Gasteiger partial charge in [0.1, 0.15) is 11.5 Å². The van der Waals surface area contributed by atoms with E-state index < -0.39 is 6.61 Å². The third-order valence-corrected chi connectivity index (χ3v) is 4.25. The quantitative estimate of drug-likeness (QED) is 0.570. The van der Waals surface area contributed by atoms with Crippen LogP contribution >= 0.6 is 0 Å². The van der Waals surface area contributed by atoms with Crippen LogP contribution in [0.4, 0.5) is 8.78 Å². The minimum absolute atomic E-state index is 0.0905. The van der Waals surface area contributed by atoms with Gasteiger partial charge in [-0.15, -0.1) is 0 Å². The topological polar surface area (TPSA) is 72.7 Å². The molecule has 1 aromatic heterocycles. The van der Waals surface area contributed by atoms with E-state index in [1.807, 2.05) is 25.6 Å². The van der Waals surface area contributed by atoms with Gasteiger partial charge in [-0.1, -0.05) is 0 Å². The molecule has 0 bridgehead atoms. The second-order valence-corrected chi connectivity index (χ2v) is 5.90. The Kier molecular flexibility index (Phi) is 6.98. The summed E-state index contributed by atoms with van der Waals surface area (Å²) in [6.45, 7) is 1.83. The van der Waals surface area contributed by atoms with Crippen LogP contribution in [0.15, 0.2) is 23.2 Å². The van der Waals surface area contributed by atoms with Crippen molar-refractivity contribution >= 4 is 5.96 Å². The molecule has 0 unspecified atom stereocenters. The lowest BCUT2D eigenvalue weighted by Crippen LogP contribution is -2.36. The number of halogens is 2. The van der Waals surface area contributed by atoms with E-state index >= 15 is 0 Å². The minimum atomic E-state index is -2.90. The number of benzene rings is 1. The lowest BCUT2D eigenvalue weighted by atomic mass is 10.2. The Morgan fingerprint density at radius 2 is 1.96 bits per heavy atom. The number of guanidine groups is 1. The van der Waals surface area contributed by atoms with Gasteiger partial charge in [0, 0.05) is 44.0 Å². The fourth-order valence-electron chi connectivity index (χ4n) is 2.68. The van der Waals surface area contributed by atoms with Crippen molar-refractivity contribution in [1.82, 2.24) is 20.4 Å². The maximum atomic E-state index is 12.6. The number of rotatable bonds is 7. The van der Waals surface area contributed by atoms with Crippen molar-refractivity contribution in [3.05, 3.63) is 40.7 Å². The second-order valence-electron chi connectivity index (χ2n) is 5.90. The summed E-state index contributed by atoms with van der Waals surface area (Å²) in [6, 6.07) is 4.68. The van der Waals surface area contributed by atoms with Gasteiger partial charge in [-0.05, 0) is 32.0 Å². The molecule has 2 aromatic rings. The summed E-state index contributed by atoms with van der Waals surface area (Å²) < 4.78 is 36.8. The highest BCUT2D eigenvalue weighted by Gasteiger charge is 2.13. The van der Waals surface area contributed by atoms with Crippen LogP contribution in [-0.2, 0) is 20.1 Å². The molecule has 0 fully saturated rings. The molecule has 2 rings (SSSR count). The normalized spacial score (nSPS) is 11.6. The number of methoxy groups -OCH3 is 1. The zero-order valence-electron chi connectivity index (χ0n) is 16.1. The zero-order valence-corrected chi connectivity index (χ0v) is 16.1. The first-order valence-electron chi connectivity index (χ1n) is 8.41. The van der Waals surface area contributed by atoms with Crippen molar-refractivity contribution in [3.8, 4) is 11.5 Å². The number of aromatic nitrogens is 2. The fourth-order valence-corrected chi connectivity index (χ4v) is 2.68. The Morgan fingerprint density at radius 1 is 1.26 bits per heavy atom. The van der Waals surface area contributed by atoms with Crippen LogP contribution in [0.1, 0.15) is 22.5 Å². The predicted octanol–water partition coefficient (Wildman–Crippen LogP) is 2.51. The van der Waals surface area contributed by atoms with Gasteiger partial charge < -0.3 is 20.1 Å². The molecule has 27 heavy (non-hydrogen) atoms. The smallest absolute Gasteiger partial charge is 0.387 e.